The summed E-state index contributed by atoms with van der Waals surface area (Å²) in [7, 11) is 0. The first-order chi connectivity index (χ1) is 2.94. The van der Waals surface area contributed by atoms with E-state index in [2.05, 4.69) is 0 Å². The average molecular weight is 160 g/mol. The average Bonchev–Trinajstić information content (AvgIpc) is 1.31. The third-order valence-electron chi connectivity index (χ3n) is 0.710. The van der Waals surface area contributed by atoms with E-state index in [-0.39, 0.29) is 27.8 Å². The molecular formula is C5H11NNiO. The molecule has 0 saturated carbocycles. The van der Waals surface area contributed by atoms with Crippen LogP contribution in [0.25, 0.3) is 0 Å². The molecule has 0 aliphatic carbocycles. The van der Waals surface area contributed by atoms with Gasteiger partial charge in [0.05, 0.1) is 0 Å². The monoisotopic (exact) mass is 159 g/mol. The number of hydrogen-bond donors (Lipinski definition) is 2. The third-order valence-corrected chi connectivity index (χ3v) is 0.710. The van der Waals surface area contributed by atoms with Gasteiger partial charge in [-0.1, -0.05) is 20.8 Å². The second-order valence-corrected chi connectivity index (χ2v) is 2.60. The summed E-state index contributed by atoms with van der Waals surface area (Å²) in [4.78, 5) is 0. The first-order valence-corrected chi connectivity index (χ1v) is 2.22. The first kappa shape index (κ1) is 10.9. The van der Waals surface area contributed by atoms with Crippen LogP contribution in [0.5, 0.6) is 0 Å². The van der Waals surface area contributed by atoms with E-state index < -0.39 is 0 Å². The molecule has 0 bridgehead atoms. The summed E-state index contributed by atoms with van der Waals surface area (Å²) in [6.07, 6.45) is 0. The molecule has 2 nitrogen and oxygen atoms in total. The summed E-state index contributed by atoms with van der Waals surface area (Å²) >= 11 is 0. The fraction of sp³-hybridized carbons (Fsp3) is 0.800. The Morgan fingerprint density at radius 3 is 1.50 bits per heavy atom. The maximum Gasteiger partial charge on any atom is 0.183 e. The molecule has 0 atom stereocenters. The Morgan fingerprint density at radius 1 is 1.38 bits per heavy atom. The van der Waals surface area contributed by atoms with Crippen LogP contribution in [0.2, 0.25) is 0 Å². The van der Waals surface area contributed by atoms with Gasteiger partial charge in [0.1, 0.15) is 0 Å². The molecule has 0 aromatic heterocycles. The molecule has 0 heterocycles. The van der Waals surface area contributed by atoms with E-state index in [1.165, 1.54) is 0 Å². The van der Waals surface area contributed by atoms with Crippen LogP contribution in [0.4, 0.5) is 0 Å². The summed E-state index contributed by atoms with van der Waals surface area (Å²) in [6.45, 7) is 5.36. The molecule has 0 rings (SSSR count). The van der Waals surface area contributed by atoms with Gasteiger partial charge in [0.2, 0.25) is 0 Å². The summed E-state index contributed by atoms with van der Waals surface area (Å²) in [5.74, 6) is -0.257. The molecule has 0 aliphatic rings. The molecule has 0 aliphatic heterocycles. The molecule has 0 amide bonds. The Hall–Kier alpha value is -0.0365. The SMILES string of the molecule is CC(C)(C)C(=N)O.[Ni]. The maximum atomic E-state index is 8.47. The number of aliphatic hydroxyl groups excluding tert-OH is 1. The second kappa shape index (κ2) is 3.08. The van der Waals surface area contributed by atoms with E-state index in [9.17, 15) is 0 Å². The minimum atomic E-state index is -0.361. The van der Waals surface area contributed by atoms with Crippen molar-refractivity contribution in [3.8, 4) is 0 Å². The number of aliphatic hydroxyl groups is 1. The molecule has 0 saturated heterocycles. The van der Waals surface area contributed by atoms with Crippen LogP contribution in [0, 0.1) is 10.8 Å². The fourth-order valence-corrected chi connectivity index (χ4v) is 0. The Labute approximate surface area is 59.7 Å². The zero-order valence-electron chi connectivity index (χ0n) is 5.26. The zero-order valence-corrected chi connectivity index (χ0v) is 6.25. The predicted molar refractivity (Wildman–Crippen MR) is 29.8 cm³/mol. The largest absolute Gasteiger partial charge is 0.496 e. The molecule has 0 spiro atoms. The van der Waals surface area contributed by atoms with Gasteiger partial charge in [0.25, 0.3) is 0 Å². The quantitative estimate of drug-likeness (QED) is 0.315. The van der Waals surface area contributed by atoms with Crippen molar-refractivity contribution in [3.05, 3.63) is 0 Å². The molecule has 0 aromatic rings. The summed E-state index contributed by atoms with van der Waals surface area (Å²) in [6, 6.07) is 0. The molecule has 0 unspecified atom stereocenters. The van der Waals surface area contributed by atoms with Crippen LogP contribution < -0.4 is 0 Å². The summed E-state index contributed by atoms with van der Waals surface area (Å²) in [5.41, 5.74) is -0.361. The van der Waals surface area contributed by atoms with Crippen molar-refractivity contribution in [2.45, 2.75) is 20.8 Å². The normalized spacial score (nSPS) is 9.88. The standard InChI is InChI=1S/C5H11NO.Ni/c1-5(2,3)4(6)7;/h1-3H3,(H2,6,7);. The van der Waals surface area contributed by atoms with Crippen molar-refractivity contribution < 1.29 is 21.6 Å². The van der Waals surface area contributed by atoms with Gasteiger partial charge in [-0.05, 0) is 0 Å². The van der Waals surface area contributed by atoms with Crippen molar-refractivity contribution >= 4 is 5.90 Å². The van der Waals surface area contributed by atoms with Crippen molar-refractivity contribution in [1.82, 2.24) is 0 Å². The van der Waals surface area contributed by atoms with Gasteiger partial charge in [-0.25, -0.2) is 0 Å². The van der Waals surface area contributed by atoms with Crippen molar-refractivity contribution in [2.75, 3.05) is 0 Å². The Kier molecular flexibility index (Phi) is 4.18. The van der Waals surface area contributed by atoms with Gasteiger partial charge < -0.3 is 5.11 Å². The number of nitrogens with one attached hydrogen (secondary N) is 1. The molecule has 2 N–H and O–H groups in total. The van der Waals surface area contributed by atoms with E-state index in [1.807, 2.05) is 0 Å². The van der Waals surface area contributed by atoms with Crippen molar-refractivity contribution in [3.63, 3.8) is 0 Å². The fourth-order valence-electron chi connectivity index (χ4n) is 0. The minimum absolute atomic E-state index is 0. The van der Waals surface area contributed by atoms with Gasteiger partial charge in [-0.15, -0.1) is 0 Å². The smallest absolute Gasteiger partial charge is 0.183 e. The third kappa shape index (κ3) is 4.13. The van der Waals surface area contributed by atoms with E-state index >= 15 is 0 Å². The topological polar surface area (TPSA) is 44.1 Å². The Balaban J connectivity index is 0. The summed E-state index contributed by atoms with van der Waals surface area (Å²) < 4.78 is 0. The van der Waals surface area contributed by atoms with E-state index in [0.717, 1.165) is 0 Å². The van der Waals surface area contributed by atoms with Gasteiger partial charge in [0.15, 0.2) is 5.90 Å². The Bertz CT molecular complexity index is 84.9. The van der Waals surface area contributed by atoms with Gasteiger partial charge in [-0.2, -0.15) is 0 Å². The van der Waals surface area contributed by atoms with E-state index in [0.29, 0.717) is 0 Å². The van der Waals surface area contributed by atoms with Gasteiger partial charge in [-0.3, -0.25) is 5.41 Å². The van der Waals surface area contributed by atoms with Gasteiger partial charge >= 0.3 is 0 Å². The number of rotatable bonds is 0. The van der Waals surface area contributed by atoms with Crippen LogP contribution in [-0.4, -0.2) is 11.0 Å². The van der Waals surface area contributed by atoms with E-state index in [1.54, 1.807) is 20.8 Å². The molecule has 0 radical (unpaired) electrons. The molecular weight excluding hydrogens is 149 g/mol. The number of hydrogen-bond acceptors (Lipinski definition) is 1. The Morgan fingerprint density at radius 2 is 1.50 bits per heavy atom. The van der Waals surface area contributed by atoms with Crippen LogP contribution in [0.3, 0.4) is 0 Å². The molecule has 3 heteroatoms. The minimum Gasteiger partial charge on any atom is -0.496 e. The van der Waals surface area contributed by atoms with Gasteiger partial charge in [0, 0.05) is 21.9 Å². The van der Waals surface area contributed by atoms with Crippen molar-refractivity contribution in [1.29, 1.82) is 5.41 Å². The first-order valence-electron chi connectivity index (χ1n) is 2.22. The molecule has 8 heavy (non-hydrogen) atoms. The van der Waals surface area contributed by atoms with Crippen LogP contribution in [0.1, 0.15) is 20.8 Å². The van der Waals surface area contributed by atoms with Crippen molar-refractivity contribution in [2.24, 2.45) is 5.41 Å². The van der Waals surface area contributed by atoms with Crippen LogP contribution >= 0.6 is 0 Å². The predicted octanol–water partition coefficient (Wildman–Crippen LogP) is 1.57. The molecule has 52 valence electrons. The van der Waals surface area contributed by atoms with Crippen LogP contribution in [-0.2, 0) is 16.5 Å². The second-order valence-electron chi connectivity index (χ2n) is 2.60. The maximum absolute atomic E-state index is 8.47. The molecule has 0 fully saturated rings. The molecule has 0 aromatic carbocycles. The summed E-state index contributed by atoms with van der Waals surface area (Å²) in [5, 5.41) is 15.2. The van der Waals surface area contributed by atoms with Crippen LogP contribution in [0.15, 0.2) is 0 Å². The zero-order chi connectivity index (χ0) is 6.08. The van der Waals surface area contributed by atoms with E-state index in [4.69, 9.17) is 10.5 Å².